The second-order valence-corrected chi connectivity index (χ2v) is 8.21. The minimum absolute atomic E-state index is 0.00279. The van der Waals surface area contributed by atoms with E-state index in [2.05, 4.69) is 10.0 Å². The van der Waals surface area contributed by atoms with Gasteiger partial charge in [0.1, 0.15) is 0 Å². The lowest BCUT2D eigenvalue weighted by Gasteiger charge is -2.08. The Hall–Kier alpha value is -2.20. The zero-order valence-electron chi connectivity index (χ0n) is 13.5. The summed E-state index contributed by atoms with van der Waals surface area (Å²) in [5, 5.41) is 2.64. The summed E-state index contributed by atoms with van der Waals surface area (Å²) in [5.41, 5.74) is -2.99. The van der Waals surface area contributed by atoms with E-state index in [9.17, 15) is 26.4 Å². The van der Waals surface area contributed by atoms with Gasteiger partial charge in [-0.25, -0.2) is 8.42 Å². The molecule has 0 aliphatic heterocycles. The van der Waals surface area contributed by atoms with Crippen molar-refractivity contribution in [2.75, 3.05) is 11.0 Å². The highest BCUT2D eigenvalue weighted by Crippen LogP contribution is 2.36. The van der Waals surface area contributed by atoms with Gasteiger partial charge >= 0.3 is 5.51 Å². The van der Waals surface area contributed by atoms with Gasteiger partial charge < -0.3 is 5.32 Å². The first-order valence-electron chi connectivity index (χ1n) is 7.22. The molecule has 0 radical (unpaired) electrons. The number of anilines is 1. The van der Waals surface area contributed by atoms with E-state index in [1.54, 1.807) is 24.3 Å². The zero-order chi connectivity index (χ0) is 19.4. The lowest BCUT2D eigenvalue weighted by molar-refractivity contribution is -0.0328. The molecule has 0 saturated heterocycles. The van der Waals surface area contributed by atoms with Crippen molar-refractivity contribution in [1.82, 2.24) is 5.32 Å². The molecule has 2 rings (SSSR count). The van der Waals surface area contributed by atoms with Crippen LogP contribution in [0.15, 0.2) is 53.4 Å². The highest BCUT2D eigenvalue weighted by atomic mass is 32.2. The summed E-state index contributed by atoms with van der Waals surface area (Å²) < 4.78 is 61.4. The summed E-state index contributed by atoms with van der Waals surface area (Å²) in [4.78, 5) is 12.0. The van der Waals surface area contributed by atoms with Crippen LogP contribution in [0.4, 0.5) is 18.9 Å². The molecule has 0 spiro atoms. The summed E-state index contributed by atoms with van der Waals surface area (Å²) in [7, 11) is -3.36. The zero-order valence-corrected chi connectivity index (χ0v) is 15.1. The van der Waals surface area contributed by atoms with Crippen molar-refractivity contribution >= 4 is 33.4 Å². The number of amides is 1. The van der Waals surface area contributed by atoms with Crippen LogP contribution in [0.3, 0.4) is 0 Å². The molecule has 0 unspecified atom stereocenters. The molecule has 0 bridgehead atoms. The molecule has 0 aliphatic carbocycles. The van der Waals surface area contributed by atoms with Crippen LogP contribution in [0, 0.1) is 0 Å². The van der Waals surface area contributed by atoms with Gasteiger partial charge in [-0.15, -0.1) is 0 Å². The van der Waals surface area contributed by atoms with Crippen LogP contribution in [0.5, 0.6) is 0 Å². The number of sulfonamides is 1. The number of carbonyl (C=O) groups is 1. The summed E-state index contributed by atoms with van der Waals surface area (Å²) >= 11 is -0.244. The van der Waals surface area contributed by atoms with Crippen molar-refractivity contribution in [2.45, 2.75) is 16.9 Å². The Morgan fingerprint density at radius 1 is 1.04 bits per heavy atom. The van der Waals surface area contributed by atoms with E-state index < -0.39 is 21.4 Å². The minimum Gasteiger partial charge on any atom is -0.348 e. The van der Waals surface area contributed by atoms with Crippen LogP contribution in [0.2, 0.25) is 0 Å². The summed E-state index contributed by atoms with van der Waals surface area (Å²) in [5.74, 6) is -0.424. The van der Waals surface area contributed by atoms with E-state index in [1.165, 1.54) is 24.3 Å². The molecule has 0 aromatic heterocycles. The van der Waals surface area contributed by atoms with Crippen molar-refractivity contribution < 1.29 is 26.4 Å². The summed E-state index contributed by atoms with van der Waals surface area (Å²) in [6.45, 7) is 0.192. The van der Waals surface area contributed by atoms with Crippen LogP contribution < -0.4 is 10.0 Å². The SMILES string of the molecule is CS(=O)(=O)Nc1ccc(CNC(=O)c2ccc(SC(F)(F)F)cc2)cc1. The fraction of sp³-hybridized carbons (Fsp3) is 0.188. The van der Waals surface area contributed by atoms with E-state index in [-0.39, 0.29) is 28.8 Å². The van der Waals surface area contributed by atoms with Crippen molar-refractivity contribution in [3.05, 3.63) is 59.7 Å². The monoisotopic (exact) mass is 404 g/mol. The van der Waals surface area contributed by atoms with Crippen molar-refractivity contribution in [1.29, 1.82) is 0 Å². The molecule has 2 aromatic rings. The Morgan fingerprint density at radius 3 is 2.12 bits per heavy atom. The largest absolute Gasteiger partial charge is 0.446 e. The second kappa shape index (κ2) is 8.00. The van der Waals surface area contributed by atoms with Crippen LogP contribution in [0.1, 0.15) is 15.9 Å². The van der Waals surface area contributed by atoms with E-state index in [0.29, 0.717) is 5.69 Å². The number of nitrogens with one attached hydrogen (secondary N) is 2. The smallest absolute Gasteiger partial charge is 0.348 e. The highest BCUT2D eigenvalue weighted by Gasteiger charge is 2.29. The number of thioether (sulfide) groups is 1. The third-order valence-electron chi connectivity index (χ3n) is 3.06. The van der Waals surface area contributed by atoms with Gasteiger partial charge in [0.05, 0.1) is 6.26 Å². The maximum Gasteiger partial charge on any atom is 0.446 e. The lowest BCUT2D eigenvalue weighted by atomic mass is 10.2. The van der Waals surface area contributed by atoms with Gasteiger partial charge in [0.25, 0.3) is 5.91 Å². The Kier molecular flexibility index (Phi) is 6.19. The van der Waals surface area contributed by atoms with Crippen LogP contribution in [-0.2, 0) is 16.6 Å². The molecule has 0 heterocycles. The number of rotatable bonds is 6. The highest BCUT2D eigenvalue weighted by molar-refractivity contribution is 8.00. The van der Waals surface area contributed by atoms with Gasteiger partial charge in [0.15, 0.2) is 0 Å². The normalized spacial score (nSPS) is 11.8. The van der Waals surface area contributed by atoms with E-state index >= 15 is 0 Å². The fourth-order valence-electron chi connectivity index (χ4n) is 2.00. The minimum atomic E-state index is -4.37. The quantitative estimate of drug-likeness (QED) is 0.722. The van der Waals surface area contributed by atoms with E-state index in [1.807, 2.05) is 0 Å². The number of alkyl halides is 3. The van der Waals surface area contributed by atoms with Gasteiger partial charge in [-0.05, 0) is 53.7 Å². The molecule has 10 heteroatoms. The number of benzene rings is 2. The predicted molar refractivity (Wildman–Crippen MR) is 94.4 cm³/mol. The second-order valence-electron chi connectivity index (χ2n) is 5.33. The van der Waals surface area contributed by atoms with E-state index in [4.69, 9.17) is 0 Å². The van der Waals surface area contributed by atoms with Crippen molar-refractivity contribution in [3.8, 4) is 0 Å². The van der Waals surface area contributed by atoms with Crippen molar-refractivity contribution in [2.24, 2.45) is 0 Å². The van der Waals surface area contributed by atoms with Gasteiger partial charge in [0.2, 0.25) is 10.0 Å². The first-order valence-corrected chi connectivity index (χ1v) is 9.93. The van der Waals surface area contributed by atoms with Crippen molar-refractivity contribution in [3.63, 3.8) is 0 Å². The first kappa shape index (κ1) is 20.1. The molecule has 2 aromatic carbocycles. The molecule has 2 N–H and O–H groups in total. The molecule has 0 aliphatic rings. The molecular formula is C16H15F3N2O3S2. The van der Waals surface area contributed by atoms with Crippen LogP contribution in [0.25, 0.3) is 0 Å². The topological polar surface area (TPSA) is 75.3 Å². The number of hydrogen-bond donors (Lipinski definition) is 2. The van der Waals surface area contributed by atoms with Crippen LogP contribution in [-0.4, -0.2) is 26.1 Å². The average molecular weight is 404 g/mol. The number of carbonyl (C=O) groups excluding carboxylic acids is 1. The fourth-order valence-corrected chi connectivity index (χ4v) is 3.10. The standard InChI is InChI=1S/C16H15F3N2O3S2/c1-26(23,24)21-13-6-2-11(3-7-13)10-20-15(22)12-4-8-14(9-5-12)25-16(17,18)19/h2-9,21H,10H2,1H3,(H,20,22). The molecule has 5 nitrogen and oxygen atoms in total. The maximum atomic E-state index is 12.3. The molecule has 1 amide bonds. The molecule has 26 heavy (non-hydrogen) atoms. The molecular weight excluding hydrogens is 389 g/mol. The Bertz CT molecular complexity index is 865. The van der Waals surface area contributed by atoms with Gasteiger partial charge in [-0.1, -0.05) is 12.1 Å². The number of hydrogen-bond acceptors (Lipinski definition) is 4. The third kappa shape index (κ3) is 6.96. The third-order valence-corrected chi connectivity index (χ3v) is 4.41. The average Bonchev–Trinajstić information content (AvgIpc) is 2.51. The Morgan fingerprint density at radius 2 is 1.62 bits per heavy atom. The van der Waals surface area contributed by atoms with Gasteiger partial charge in [0, 0.05) is 22.7 Å². The summed E-state index contributed by atoms with van der Waals surface area (Å²) in [6.07, 6.45) is 1.04. The first-order chi connectivity index (χ1) is 12.0. The molecule has 0 saturated carbocycles. The maximum absolute atomic E-state index is 12.3. The van der Waals surface area contributed by atoms with E-state index in [0.717, 1.165) is 11.8 Å². The summed E-state index contributed by atoms with van der Waals surface area (Å²) in [6, 6.07) is 11.5. The Labute approximate surface area is 153 Å². The predicted octanol–water partition coefficient (Wildman–Crippen LogP) is 3.60. The lowest BCUT2D eigenvalue weighted by Crippen LogP contribution is -2.22. The van der Waals surface area contributed by atoms with Gasteiger partial charge in [-0.3, -0.25) is 9.52 Å². The Balaban J connectivity index is 1.92. The molecule has 0 atom stereocenters. The van der Waals surface area contributed by atoms with Crippen LogP contribution >= 0.6 is 11.8 Å². The van der Waals surface area contributed by atoms with Gasteiger partial charge in [-0.2, -0.15) is 13.2 Å². The molecule has 140 valence electrons. The number of halogens is 3. The molecule has 0 fully saturated rings.